The van der Waals surface area contributed by atoms with Gasteiger partial charge in [0.25, 0.3) is 0 Å². The van der Waals surface area contributed by atoms with E-state index in [2.05, 4.69) is 17.3 Å². The van der Waals surface area contributed by atoms with Gasteiger partial charge < -0.3 is 0 Å². The highest BCUT2D eigenvalue weighted by Gasteiger charge is 2.25. The Labute approximate surface area is 96.5 Å². The van der Waals surface area contributed by atoms with Crippen LogP contribution in [0, 0.1) is 0 Å². The van der Waals surface area contributed by atoms with Crippen LogP contribution in [0.15, 0.2) is 27.6 Å². The average molecular weight is 228 g/mol. The SMILES string of the molecule is CC.CCC1=C2N=C(C)C=C(Cl)N2NC1. The van der Waals surface area contributed by atoms with Gasteiger partial charge in [-0.2, -0.15) is 0 Å². The second-order valence-electron chi connectivity index (χ2n) is 3.17. The Hall–Kier alpha value is -0.800. The summed E-state index contributed by atoms with van der Waals surface area (Å²) in [5, 5.41) is 2.54. The van der Waals surface area contributed by atoms with Crippen LogP contribution in [0.3, 0.4) is 0 Å². The topological polar surface area (TPSA) is 27.6 Å². The molecule has 0 atom stereocenters. The molecule has 0 unspecified atom stereocenters. The maximum atomic E-state index is 6.04. The van der Waals surface area contributed by atoms with Gasteiger partial charge in [0.1, 0.15) is 11.0 Å². The molecule has 0 aromatic rings. The molecule has 15 heavy (non-hydrogen) atoms. The summed E-state index contributed by atoms with van der Waals surface area (Å²) < 4.78 is 0. The third-order valence-corrected chi connectivity index (χ3v) is 2.51. The maximum Gasteiger partial charge on any atom is 0.149 e. The summed E-state index contributed by atoms with van der Waals surface area (Å²) in [5.41, 5.74) is 5.46. The van der Waals surface area contributed by atoms with Crippen LogP contribution >= 0.6 is 11.6 Å². The molecule has 0 amide bonds. The van der Waals surface area contributed by atoms with Crippen molar-refractivity contribution in [2.75, 3.05) is 6.54 Å². The van der Waals surface area contributed by atoms with E-state index in [0.29, 0.717) is 5.16 Å². The number of rotatable bonds is 1. The normalized spacial score (nSPS) is 19.1. The highest BCUT2D eigenvalue weighted by atomic mass is 35.5. The number of allylic oxidation sites excluding steroid dienone is 1. The molecule has 0 radical (unpaired) electrons. The lowest BCUT2D eigenvalue weighted by molar-refractivity contribution is 0.371. The molecule has 84 valence electrons. The lowest BCUT2D eigenvalue weighted by Crippen LogP contribution is -2.31. The largest absolute Gasteiger partial charge is 0.248 e. The second kappa shape index (κ2) is 5.33. The van der Waals surface area contributed by atoms with Crippen LogP contribution in [0.25, 0.3) is 0 Å². The van der Waals surface area contributed by atoms with Crippen molar-refractivity contribution in [3.63, 3.8) is 0 Å². The first-order valence-corrected chi connectivity index (χ1v) is 5.78. The Morgan fingerprint density at radius 3 is 2.80 bits per heavy atom. The van der Waals surface area contributed by atoms with Gasteiger partial charge in [-0.3, -0.25) is 0 Å². The lowest BCUT2D eigenvalue weighted by Gasteiger charge is -2.22. The van der Waals surface area contributed by atoms with E-state index in [-0.39, 0.29) is 0 Å². The van der Waals surface area contributed by atoms with E-state index in [0.717, 1.165) is 24.5 Å². The number of fused-ring (bicyclic) bond motifs is 1. The summed E-state index contributed by atoms with van der Waals surface area (Å²) in [4.78, 5) is 4.45. The van der Waals surface area contributed by atoms with Crippen molar-refractivity contribution in [1.29, 1.82) is 0 Å². The number of halogens is 1. The smallest absolute Gasteiger partial charge is 0.149 e. The van der Waals surface area contributed by atoms with Crippen LogP contribution < -0.4 is 5.43 Å². The molecule has 0 bridgehead atoms. The predicted molar refractivity (Wildman–Crippen MR) is 65.6 cm³/mol. The maximum absolute atomic E-state index is 6.04. The predicted octanol–water partition coefficient (Wildman–Crippen LogP) is 3.01. The van der Waals surface area contributed by atoms with Crippen LogP contribution in [-0.2, 0) is 0 Å². The Balaban J connectivity index is 0.000000531. The van der Waals surface area contributed by atoms with Crippen molar-refractivity contribution in [2.24, 2.45) is 4.99 Å². The highest BCUT2D eigenvalue weighted by Crippen LogP contribution is 2.28. The summed E-state index contributed by atoms with van der Waals surface area (Å²) in [6.07, 6.45) is 2.87. The van der Waals surface area contributed by atoms with Crippen molar-refractivity contribution in [1.82, 2.24) is 10.4 Å². The standard InChI is InChI=1S/C9H12ClN3.C2H6/c1-3-7-5-11-13-8(10)4-6(2)12-9(7)13;1-2/h4,11H,3,5H2,1-2H3;1-2H3. The van der Waals surface area contributed by atoms with Crippen LogP contribution in [-0.4, -0.2) is 17.3 Å². The zero-order valence-corrected chi connectivity index (χ0v) is 10.5. The molecule has 2 heterocycles. The third kappa shape index (κ3) is 2.41. The molecule has 4 heteroatoms. The van der Waals surface area contributed by atoms with E-state index in [1.165, 1.54) is 5.57 Å². The molecule has 0 saturated carbocycles. The minimum atomic E-state index is 0.700. The van der Waals surface area contributed by atoms with E-state index in [4.69, 9.17) is 11.6 Å². The molecule has 2 rings (SSSR count). The zero-order chi connectivity index (χ0) is 11.4. The van der Waals surface area contributed by atoms with Gasteiger partial charge in [-0.15, -0.1) is 0 Å². The van der Waals surface area contributed by atoms with Crippen LogP contribution in [0.1, 0.15) is 34.1 Å². The molecule has 0 spiro atoms. The van der Waals surface area contributed by atoms with E-state index in [1.54, 1.807) is 0 Å². The minimum absolute atomic E-state index is 0.700. The van der Waals surface area contributed by atoms with Gasteiger partial charge in [0.2, 0.25) is 0 Å². The zero-order valence-electron chi connectivity index (χ0n) is 9.76. The second-order valence-corrected chi connectivity index (χ2v) is 3.56. The summed E-state index contributed by atoms with van der Waals surface area (Å²) >= 11 is 6.04. The van der Waals surface area contributed by atoms with Gasteiger partial charge in [-0.05, 0) is 25.0 Å². The summed E-state index contributed by atoms with van der Waals surface area (Å²) in [6, 6.07) is 0. The van der Waals surface area contributed by atoms with Crippen molar-refractivity contribution in [3.05, 3.63) is 22.6 Å². The Morgan fingerprint density at radius 1 is 1.53 bits per heavy atom. The number of hydrogen-bond acceptors (Lipinski definition) is 3. The third-order valence-electron chi connectivity index (χ3n) is 2.23. The molecule has 0 aromatic heterocycles. The Morgan fingerprint density at radius 2 is 2.20 bits per heavy atom. The van der Waals surface area contributed by atoms with Gasteiger partial charge in [0.15, 0.2) is 0 Å². The fourth-order valence-electron chi connectivity index (χ4n) is 1.51. The van der Waals surface area contributed by atoms with Gasteiger partial charge >= 0.3 is 0 Å². The van der Waals surface area contributed by atoms with Crippen molar-refractivity contribution >= 4 is 17.3 Å². The fourth-order valence-corrected chi connectivity index (χ4v) is 1.81. The van der Waals surface area contributed by atoms with E-state index >= 15 is 0 Å². The molecule has 1 N–H and O–H groups in total. The summed E-state index contributed by atoms with van der Waals surface area (Å²) in [6.45, 7) is 8.94. The molecule has 0 saturated heterocycles. The first-order chi connectivity index (χ1) is 7.22. The molecular weight excluding hydrogens is 210 g/mol. The minimum Gasteiger partial charge on any atom is -0.248 e. The molecule has 0 aliphatic carbocycles. The quantitative estimate of drug-likeness (QED) is 0.698. The number of hydrazine groups is 1. The lowest BCUT2D eigenvalue weighted by atomic mass is 10.2. The van der Waals surface area contributed by atoms with Crippen LogP contribution in [0.5, 0.6) is 0 Å². The van der Waals surface area contributed by atoms with Crippen molar-refractivity contribution in [3.8, 4) is 0 Å². The Bertz CT molecular complexity index is 329. The van der Waals surface area contributed by atoms with Gasteiger partial charge in [-0.25, -0.2) is 15.4 Å². The van der Waals surface area contributed by atoms with E-state index in [9.17, 15) is 0 Å². The number of nitrogens with one attached hydrogen (secondary N) is 1. The van der Waals surface area contributed by atoms with E-state index in [1.807, 2.05) is 31.9 Å². The number of hydrogen-bond donors (Lipinski definition) is 1. The number of aliphatic imine (C=N–C) groups is 1. The van der Waals surface area contributed by atoms with Crippen molar-refractivity contribution in [2.45, 2.75) is 34.1 Å². The van der Waals surface area contributed by atoms with Crippen molar-refractivity contribution < 1.29 is 0 Å². The first-order valence-electron chi connectivity index (χ1n) is 5.40. The van der Waals surface area contributed by atoms with Gasteiger partial charge in [0, 0.05) is 12.3 Å². The highest BCUT2D eigenvalue weighted by molar-refractivity contribution is 6.31. The monoisotopic (exact) mass is 227 g/mol. The van der Waals surface area contributed by atoms with Crippen LogP contribution in [0.2, 0.25) is 0 Å². The fraction of sp³-hybridized carbons (Fsp3) is 0.545. The molecule has 2 aliphatic heterocycles. The molecule has 0 aromatic carbocycles. The molecule has 3 nitrogen and oxygen atoms in total. The summed E-state index contributed by atoms with van der Waals surface area (Å²) in [5.74, 6) is 0.979. The molecule has 2 aliphatic rings. The van der Waals surface area contributed by atoms with Gasteiger partial charge in [0.05, 0.1) is 0 Å². The Kier molecular flexibility index (Phi) is 4.36. The molecular formula is C11H18ClN3. The van der Waals surface area contributed by atoms with Gasteiger partial charge in [-0.1, -0.05) is 32.4 Å². The van der Waals surface area contributed by atoms with Crippen LogP contribution in [0.4, 0.5) is 0 Å². The molecule has 0 fully saturated rings. The summed E-state index contributed by atoms with van der Waals surface area (Å²) in [7, 11) is 0. The number of nitrogens with zero attached hydrogens (tertiary/aromatic N) is 2. The first kappa shape index (κ1) is 12.3. The van der Waals surface area contributed by atoms with E-state index < -0.39 is 0 Å². The average Bonchev–Trinajstić information content (AvgIpc) is 2.64.